The number of anilines is 1. The van der Waals surface area contributed by atoms with Crippen LogP contribution in [0.15, 0.2) is 39.6 Å². The first-order chi connectivity index (χ1) is 10.0. The molecule has 0 unspecified atom stereocenters. The molecule has 0 fully saturated rings. The highest BCUT2D eigenvalue weighted by Crippen LogP contribution is 2.34. The first-order valence-corrected chi connectivity index (χ1v) is 8.32. The third-order valence-corrected chi connectivity index (χ3v) is 5.61. The third kappa shape index (κ3) is 2.34. The number of fused-ring (bicyclic) bond motifs is 1. The summed E-state index contributed by atoms with van der Waals surface area (Å²) < 4.78 is 32.8. The Morgan fingerprint density at radius 3 is 2.86 bits per heavy atom. The maximum Gasteiger partial charge on any atom is 0.267 e. The molecular formula is C15H18N2O3S. The highest BCUT2D eigenvalue weighted by molar-refractivity contribution is 7.92. The molecule has 0 bridgehead atoms. The Kier molecular flexibility index (Phi) is 3.51. The Balaban J connectivity index is 2.02. The second-order valence-corrected chi connectivity index (χ2v) is 6.95. The average Bonchev–Trinajstić information content (AvgIpc) is 3.03. The normalized spacial score (nSPS) is 14.5. The van der Waals surface area contributed by atoms with Crippen molar-refractivity contribution < 1.29 is 12.8 Å². The van der Waals surface area contributed by atoms with Crippen molar-refractivity contribution >= 4 is 15.7 Å². The Morgan fingerprint density at radius 1 is 1.33 bits per heavy atom. The van der Waals surface area contributed by atoms with Gasteiger partial charge < -0.3 is 9.73 Å². The number of nitrogens with zero attached hydrogens (tertiary/aromatic N) is 1. The molecule has 1 N–H and O–H groups in total. The van der Waals surface area contributed by atoms with Crippen LogP contribution in [-0.2, 0) is 23.0 Å². The van der Waals surface area contributed by atoms with Crippen molar-refractivity contribution in [2.24, 2.45) is 0 Å². The number of sulfonamides is 1. The van der Waals surface area contributed by atoms with Crippen LogP contribution in [0.3, 0.4) is 0 Å². The molecule has 112 valence electrons. The van der Waals surface area contributed by atoms with Gasteiger partial charge in [0.2, 0.25) is 0 Å². The molecule has 0 aliphatic carbocycles. The summed E-state index contributed by atoms with van der Waals surface area (Å²) in [4.78, 5) is 0.254. The Bertz CT molecular complexity index is 765. The monoisotopic (exact) mass is 306 g/mol. The maximum absolute atomic E-state index is 12.9. The summed E-state index contributed by atoms with van der Waals surface area (Å²) >= 11 is 0. The molecule has 0 atom stereocenters. The number of aryl methyl sites for hydroxylation is 1. The molecule has 1 aromatic heterocycles. The van der Waals surface area contributed by atoms with E-state index >= 15 is 0 Å². The van der Waals surface area contributed by atoms with E-state index in [2.05, 4.69) is 5.32 Å². The lowest BCUT2D eigenvalue weighted by atomic mass is 10.2. The van der Waals surface area contributed by atoms with E-state index < -0.39 is 10.0 Å². The summed E-state index contributed by atoms with van der Waals surface area (Å²) in [6.07, 6.45) is 0.746. The predicted octanol–water partition coefficient (Wildman–Crippen LogP) is 2.06. The minimum Gasteiger partial charge on any atom is -0.464 e. The van der Waals surface area contributed by atoms with Crippen LogP contribution >= 0.6 is 0 Å². The van der Waals surface area contributed by atoms with Gasteiger partial charge >= 0.3 is 0 Å². The molecule has 1 aliphatic rings. The number of furan rings is 1. The van der Waals surface area contributed by atoms with E-state index in [0.29, 0.717) is 24.6 Å². The largest absolute Gasteiger partial charge is 0.464 e. The van der Waals surface area contributed by atoms with Gasteiger partial charge in [-0.3, -0.25) is 4.31 Å². The van der Waals surface area contributed by atoms with Crippen LogP contribution in [0.25, 0.3) is 0 Å². The lowest BCUT2D eigenvalue weighted by Crippen LogP contribution is -2.29. The number of rotatable bonds is 4. The van der Waals surface area contributed by atoms with Crippen molar-refractivity contribution in [2.45, 2.75) is 24.8 Å². The van der Waals surface area contributed by atoms with Gasteiger partial charge in [-0.15, -0.1) is 0 Å². The smallest absolute Gasteiger partial charge is 0.267 e. The van der Waals surface area contributed by atoms with E-state index in [1.807, 2.05) is 24.3 Å². The first kappa shape index (κ1) is 14.2. The Morgan fingerprint density at radius 2 is 2.10 bits per heavy atom. The molecule has 2 aromatic rings. The van der Waals surface area contributed by atoms with Gasteiger partial charge in [-0.05, 0) is 32.0 Å². The fourth-order valence-corrected chi connectivity index (χ4v) is 4.41. The van der Waals surface area contributed by atoms with Gasteiger partial charge in [0, 0.05) is 12.6 Å². The number of nitrogens with one attached hydrogen (secondary N) is 1. The molecule has 0 saturated heterocycles. The summed E-state index contributed by atoms with van der Waals surface area (Å²) in [6, 6.07) is 9.23. The van der Waals surface area contributed by atoms with E-state index in [9.17, 15) is 8.42 Å². The highest BCUT2D eigenvalue weighted by Gasteiger charge is 2.33. The molecule has 0 spiro atoms. The zero-order valence-electron chi connectivity index (χ0n) is 12.1. The minimum atomic E-state index is -3.57. The van der Waals surface area contributed by atoms with Gasteiger partial charge in [-0.2, -0.15) is 0 Å². The molecule has 0 saturated carbocycles. The molecule has 1 aromatic carbocycles. The van der Waals surface area contributed by atoms with Crippen molar-refractivity contribution in [3.05, 3.63) is 47.4 Å². The zero-order chi connectivity index (χ0) is 15.0. The molecule has 2 heterocycles. The van der Waals surface area contributed by atoms with Gasteiger partial charge in [0.05, 0.1) is 12.2 Å². The summed E-state index contributed by atoms with van der Waals surface area (Å²) in [6.45, 7) is 2.68. The summed E-state index contributed by atoms with van der Waals surface area (Å²) in [5.74, 6) is 1.06. The fourth-order valence-electron chi connectivity index (χ4n) is 2.72. The lowest BCUT2D eigenvalue weighted by Gasteiger charge is -2.18. The lowest BCUT2D eigenvalue weighted by molar-refractivity contribution is 0.466. The maximum atomic E-state index is 12.9. The standard InChI is InChI=1S/C15H18N2O3S/c1-11-15(9-13(20-11)10-16-2)21(18,19)17-8-7-12-5-3-4-6-14(12)17/h3-6,9,16H,7-8,10H2,1-2H3. The quantitative estimate of drug-likeness (QED) is 0.939. The second-order valence-electron chi connectivity index (χ2n) is 5.12. The Labute approximate surface area is 124 Å². The van der Waals surface area contributed by atoms with Crippen LogP contribution in [0.2, 0.25) is 0 Å². The third-order valence-electron chi connectivity index (χ3n) is 3.69. The Hall–Kier alpha value is -1.79. The average molecular weight is 306 g/mol. The summed E-state index contributed by atoms with van der Waals surface area (Å²) in [7, 11) is -1.77. The fraction of sp³-hybridized carbons (Fsp3) is 0.333. The first-order valence-electron chi connectivity index (χ1n) is 6.88. The molecule has 0 radical (unpaired) electrons. The van der Waals surface area contributed by atoms with Crippen LogP contribution in [0.1, 0.15) is 17.1 Å². The van der Waals surface area contributed by atoms with Gasteiger partial charge in [0.1, 0.15) is 16.4 Å². The number of para-hydroxylation sites is 1. The van der Waals surface area contributed by atoms with E-state index in [-0.39, 0.29) is 4.90 Å². The van der Waals surface area contributed by atoms with Crippen molar-refractivity contribution in [3.63, 3.8) is 0 Å². The van der Waals surface area contributed by atoms with E-state index in [0.717, 1.165) is 17.7 Å². The van der Waals surface area contributed by atoms with Gasteiger partial charge in [0.25, 0.3) is 10.0 Å². The molecular weight excluding hydrogens is 288 g/mol. The topological polar surface area (TPSA) is 62.6 Å². The van der Waals surface area contributed by atoms with Crippen LogP contribution in [0.5, 0.6) is 0 Å². The van der Waals surface area contributed by atoms with Crippen LogP contribution < -0.4 is 9.62 Å². The van der Waals surface area contributed by atoms with Crippen molar-refractivity contribution in [3.8, 4) is 0 Å². The number of hydrogen-bond donors (Lipinski definition) is 1. The molecule has 3 rings (SSSR count). The molecule has 21 heavy (non-hydrogen) atoms. The van der Waals surface area contributed by atoms with Crippen LogP contribution in [0.4, 0.5) is 5.69 Å². The van der Waals surface area contributed by atoms with Crippen molar-refractivity contribution in [2.75, 3.05) is 17.9 Å². The predicted molar refractivity (Wildman–Crippen MR) is 80.9 cm³/mol. The summed E-state index contributed by atoms with van der Waals surface area (Å²) in [5, 5.41) is 2.96. The van der Waals surface area contributed by atoms with Gasteiger partial charge in [-0.1, -0.05) is 18.2 Å². The van der Waals surface area contributed by atoms with Crippen LogP contribution in [0, 0.1) is 6.92 Å². The highest BCUT2D eigenvalue weighted by atomic mass is 32.2. The van der Waals surface area contributed by atoms with Gasteiger partial charge in [0.15, 0.2) is 0 Å². The molecule has 1 aliphatic heterocycles. The van der Waals surface area contributed by atoms with Gasteiger partial charge in [-0.25, -0.2) is 8.42 Å². The molecule has 0 amide bonds. The zero-order valence-corrected chi connectivity index (χ0v) is 12.9. The molecule has 5 nitrogen and oxygen atoms in total. The van der Waals surface area contributed by atoms with Crippen molar-refractivity contribution in [1.82, 2.24) is 5.32 Å². The van der Waals surface area contributed by atoms with E-state index in [1.165, 1.54) is 4.31 Å². The summed E-state index contributed by atoms with van der Waals surface area (Å²) in [5.41, 5.74) is 1.84. The van der Waals surface area contributed by atoms with E-state index in [1.54, 1.807) is 20.0 Å². The second kappa shape index (κ2) is 5.20. The number of benzene rings is 1. The SMILES string of the molecule is CNCc1cc(S(=O)(=O)N2CCc3ccccc32)c(C)o1. The minimum absolute atomic E-state index is 0.254. The van der Waals surface area contributed by atoms with Crippen molar-refractivity contribution in [1.29, 1.82) is 0 Å². The molecule has 6 heteroatoms. The van der Waals surface area contributed by atoms with E-state index in [4.69, 9.17) is 4.42 Å². The van der Waals surface area contributed by atoms with Crippen LogP contribution in [-0.4, -0.2) is 22.0 Å². The number of hydrogen-bond acceptors (Lipinski definition) is 4.